The zero-order valence-electron chi connectivity index (χ0n) is 16.9. The van der Waals surface area contributed by atoms with Crippen LogP contribution in [0.4, 0.5) is 0 Å². The van der Waals surface area contributed by atoms with E-state index in [0.29, 0.717) is 12.5 Å². The first kappa shape index (κ1) is 19.6. The minimum atomic E-state index is -0.0232. The summed E-state index contributed by atoms with van der Waals surface area (Å²) < 4.78 is 2.16. The van der Waals surface area contributed by atoms with E-state index in [9.17, 15) is 4.79 Å². The molecule has 3 aromatic carbocycles. The molecule has 1 aromatic heterocycles. The number of aromatic nitrogens is 1. The Kier molecular flexibility index (Phi) is 5.31. The van der Waals surface area contributed by atoms with Crippen molar-refractivity contribution in [2.24, 2.45) is 11.0 Å². The summed E-state index contributed by atoms with van der Waals surface area (Å²) in [6, 6.07) is 26.2. The number of amides is 1. The van der Waals surface area contributed by atoms with Crippen LogP contribution in [0.2, 0.25) is 5.02 Å². The lowest BCUT2D eigenvalue weighted by molar-refractivity contribution is -0.122. The lowest BCUT2D eigenvalue weighted by Crippen LogP contribution is -2.20. The Labute approximate surface area is 186 Å². The minimum Gasteiger partial charge on any atom is -0.342 e. The molecular weight excluding hydrogens is 406 g/mol. The van der Waals surface area contributed by atoms with Gasteiger partial charge in [0.2, 0.25) is 5.91 Å². The van der Waals surface area contributed by atoms with Crippen LogP contribution in [0.25, 0.3) is 10.9 Å². The van der Waals surface area contributed by atoms with Crippen molar-refractivity contribution < 1.29 is 4.79 Å². The van der Waals surface area contributed by atoms with Crippen molar-refractivity contribution in [2.45, 2.75) is 18.9 Å². The number of hydrogen-bond donors (Lipinski definition) is 1. The molecule has 2 atom stereocenters. The molecule has 1 amide bonds. The summed E-state index contributed by atoms with van der Waals surface area (Å²) in [6.07, 6.45) is 4.65. The van der Waals surface area contributed by atoms with Crippen molar-refractivity contribution in [1.29, 1.82) is 0 Å². The monoisotopic (exact) mass is 427 g/mol. The van der Waals surface area contributed by atoms with Gasteiger partial charge in [-0.25, -0.2) is 5.43 Å². The summed E-state index contributed by atoms with van der Waals surface area (Å²) in [7, 11) is 0. The first-order valence-electron chi connectivity index (χ1n) is 10.4. The van der Waals surface area contributed by atoms with E-state index >= 15 is 0 Å². The lowest BCUT2D eigenvalue weighted by atomic mass is 10.1. The van der Waals surface area contributed by atoms with Crippen LogP contribution in [-0.2, 0) is 11.3 Å². The molecule has 5 rings (SSSR count). The average Bonchev–Trinajstić information content (AvgIpc) is 3.54. The fourth-order valence-electron chi connectivity index (χ4n) is 4.12. The van der Waals surface area contributed by atoms with Crippen LogP contribution in [-0.4, -0.2) is 16.7 Å². The molecule has 5 heteroatoms. The highest BCUT2D eigenvalue weighted by Gasteiger charge is 2.43. The van der Waals surface area contributed by atoms with Gasteiger partial charge in [0.15, 0.2) is 0 Å². The molecule has 0 bridgehead atoms. The Hall–Kier alpha value is -3.37. The molecule has 1 aliphatic carbocycles. The summed E-state index contributed by atoms with van der Waals surface area (Å²) in [5.74, 6) is 0.278. The van der Waals surface area contributed by atoms with Gasteiger partial charge >= 0.3 is 0 Å². The number of nitrogens with zero attached hydrogens (tertiary/aromatic N) is 2. The van der Waals surface area contributed by atoms with Gasteiger partial charge < -0.3 is 4.57 Å². The number of benzene rings is 3. The molecule has 1 aliphatic rings. The topological polar surface area (TPSA) is 46.4 Å². The highest BCUT2D eigenvalue weighted by atomic mass is 35.5. The van der Waals surface area contributed by atoms with Gasteiger partial charge in [0.25, 0.3) is 0 Å². The van der Waals surface area contributed by atoms with Gasteiger partial charge in [0, 0.05) is 40.1 Å². The molecule has 4 aromatic rings. The highest BCUT2D eigenvalue weighted by Crippen LogP contribution is 2.47. The molecule has 4 nitrogen and oxygen atoms in total. The third-order valence-corrected chi connectivity index (χ3v) is 6.22. The summed E-state index contributed by atoms with van der Waals surface area (Å²) in [4.78, 5) is 12.5. The fraction of sp³-hybridized carbons (Fsp3) is 0.154. The number of carbonyl (C=O) groups is 1. The van der Waals surface area contributed by atoms with Crippen LogP contribution in [0, 0.1) is 5.92 Å². The molecule has 0 saturated heterocycles. The maximum absolute atomic E-state index is 12.5. The fourth-order valence-corrected chi connectivity index (χ4v) is 4.32. The quantitative estimate of drug-likeness (QED) is 0.316. The predicted octanol–water partition coefficient (Wildman–Crippen LogP) is 5.60. The molecule has 2 unspecified atom stereocenters. The molecular formula is C26H22ClN3O. The van der Waals surface area contributed by atoms with E-state index in [-0.39, 0.29) is 11.8 Å². The van der Waals surface area contributed by atoms with E-state index in [2.05, 4.69) is 39.4 Å². The number of nitrogens with one attached hydrogen (secondary N) is 1. The van der Waals surface area contributed by atoms with E-state index in [1.165, 1.54) is 5.56 Å². The Morgan fingerprint density at radius 2 is 1.77 bits per heavy atom. The van der Waals surface area contributed by atoms with Crippen LogP contribution >= 0.6 is 11.6 Å². The van der Waals surface area contributed by atoms with E-state index < -0.39 is 0 Å². The Bertz CT molecular complexity index is 1260. The van der Waals surface area contributed by atoms with Gasteiger partial charge in [0.1, 0.15) is 0 Å². The minimum absolute atomic E-state index is 0.00103. The van der Waals surface area contributed by atoms with Gasteiger partial charge in [-0.1, -0.05) is 78.3 Å². The van der Waals surface area contributed by atoms with Crippen LogP contribution in [0.5, 0.6) is 0 Å². The van der Waals surface area contributed by atoms with E-state index in [4.69, 9.17) is 11.6 Å². The number of halogens is 1. The molecule has 154 valence electrons. The SMILES string of the molecule is O=C(NN=Cc1cn(Cc2ccccc2Cl)c2ccccc12)C1CC1c1ccccc1. The summed E-state index contributed by atoms with van der Waals surface area (Å²) >= 11 is 6.35. The normalized spacial score (nSPS) is 17.8. The molecule has 0 aliphatic heterocycles. The second kappa shape index (κ2) is 8.40. The summed E-state index contributed by atoms with van der Waals surface area (Å²) in [5, 5.41) is 6.09. The predicted molar refractivity (Wildman–Crippen MR) is 126 cm³/mol. The third-order valence-electron chi connectivity index (χ3n) is 5.85. The van der Waals surface area contributed by atoms with Crippen molar-refractivity contribution in [2.75, 3.05) is 0 Å². The maximum Gasteiger partial charge on any atom is 0.243 e. The van der Waals surface area contributed by atoms with Gasteiger partial charge in [-0.15, -0.1) is 0 Å². The molecule has 1 fully saturated rings. The van der Waals surface area contributed by atoms with Crippen molar-refractivity contribution >= 4 is 34.6 Å². The van der Waals surface area contributed by atoms with Crippen molar-refractivity contribution in [3.05, 3.63) is 107 Å². The van der Waals surface area contributed by atoms with Crippen molar-refractivity contribution in [3.63, 3.8) is 0 Å². The largest absolute Gasteiger partial charge is 0.342 e. The Balaban J connectivity index is 1.31. The summed E-state index contributed by atoms with van der Waals surface area (Å²) in [6.45, 7) is 0.668. The van der Waals surface area contributed by atoms with E-state index in [0.717, 1.165) is 33.5 Å². The van der Waals surface area contributed by atoms with Crippen LogP contribution in [0.1, 0.15) is 29.0 Å². The van der Waals surface area contributed by atoms with E-state index in [1.807, 2.05) is 60.8 Å². The number of hydrazone groups is 1. The van der Waals surface area contributed by atoms with Crippen LogP contribution in [0.15, 0.2) is 90.2 Å². The molecule has 1 N–H and O–H groups in total. The van der Waals surface area contributed by atoms with Crippen molar-refractivity contribution in [1.82, 2.24) is 9.99 Å². The zero-order chi connectivity index (χ0) is 21.2. The smallest absolute Gasteiger partial charge is 0.243 e. The van der Waals surface area contributed by atoms with Gasteiger partial charge in [-0.3, -0.25) is 4.79 Å². The first-order valence-corrected chi connectivity index (χ1v) is 10.8. The van der Waals surface area contributed by atoms with Crippen molar-refractivity contribution in [3.8, 4) is 0 Å². The van der Waals surface area contributed by atoms with Crippen LogP contribution in [0.3, 0.4) is 0 Å². The van der Waals surface area contributed by atoms with Gasteiger partial charge in [0.05, 0.1) is 6.21 Å². The Morgan fingerprint density at radius 3 is 2.61 bits per heavy atom. The first-order chi connectivity index (χ1) is 15.2. The summed E-state index contributed by atoms with van der Waals surface area (Å²) in [5.41, 5.74) is 7.06. The number of hydrogen-bond acceptors (Lipinski definition) is 2. The third kappa shape index (κ3) is 4.12. The number of rotatable bonds is 6. The number of carbonyl (C=O) groups excluding carboxylic acids is 1. The molecule has 1 saturated carbocycles. The van der Waals surface area contributed by atoms with Gasteiger partial charge in [-0.2, -0.15) is 5.10 Å². The average molecular weight is 428 g/mol. The number of para-hydroxylation sites is 1. The van der Waals surface area contributed by atoms with E-state index in [1.54, 1.807) is 6.21 Å². The van der Waals surface area contributed by atoms with Crippen LogP contribution < -0.4 is 5.43 Å². The highest BCUT2D eigenvalue weighted by molar-refractivity contribution is 6.31. The zero-order valence-corrected chi connectivity index (χ0v) is 17.7. The molecule has 0 radical (unpaired) electrons. The molecule has 31 heavy (non-hydrogen) atoms. The Morgan fingerprint density at radius 1 is 1.03 bits per heavy atom. The maximum atomic E-state index is 12.5. The molecule has 1 heterocycles. The second-order valence-electron chi connectivity index (χ2n) is 7.91. The second-order valence-corrected chi connectivity index (χ2v) is 8.32. The number of fused-ring (bicyclic) bond motifs is 1. The lowest BCUT2D eigenvalue weighted by Gasteiger charge is -2.07. The molecule has 0 spiro atoms. The standard InChI is InChI=1S/C26H22ClN3O/c27-24-12-6-4-10-19(24)16-30-17-20(21-11-5-7-13-25(21)30)15-28-29-26(31)23-14-22(23)18-8-2-1-3-9-18/h1-13,15,17,22-23H,14,16H2,(H,29,31). The van der Waals surface area contributed by atoms with Gasteiger partial charge in [-0.05, 0) is 35.6 Å².